The van der Waals surface area contributed by atoms with Crippen LogP contribution >= 0.6 is 0 Å². The summed E-state index contributed by atoms with van der Waals surface area (Å²) in [6.45, 7) is 17.3. The first-order chi connectivity index (χ1) is 14.7. The lowest BCUT2D eigenvalue weighted by Crippen LogP contribution is -2.56. The Morgan fingerprint density at radius 2 is 1.03 bits per heavy atom. The number of nitrogens with zero attached hydrogens (tertiary/aromatic N) is 4. The van der Waals surface area contributed by atoms with E-state index in [1.165, 1.54) is 51.9 Å². The van der Waals surface area contributed by atoms with Crippen molar-refractivity contribution in [2.75, 3.05) is 78.8 Å². The minimum atomic E-state index is 0.595. The maximum Gasteiger partial charge on any atom is 0.0605 e. The van der Waals surface area contributed by atoms with E-state index in [0.29, 0.717) is 12.1 Å². The van der Waals surface area contributed by atoms with E-state index in [1.807, 2.05) is 0 Å². The molecule has 0 spiro atoms. The van der Waals surface area contributed by atoms with Crippen LogP contribution in [0, 0.1) is 11.8 Å². The van der Waals surface area contributed by atoms with E-state index in [4.69, 9.17) is 9.47 Å². The fraction of sp³-hybridized carbons (Fsp3) is 0.917. The van der Waals surface area contributed by atoms with E-state index < -0.39 is 0 Å². The van der Waals surface area contributed by atoms with Gasteiger partial charge in [-0.3, -0.25) is 19.6 Å². The largest absolute Gasteiger partial charge is 0.381 e. The molecule has 2 atom stereocenters. The van der Waals surface area contributed by atoms with Crippen LogP contribution in [-0.2, 0) is 9.47 Å². The third-order valence-electron chi connectivity index (χ3n) is 7.70. The van der Waals surface area contributed by atoms with Gasteiger partial charge in [-0.05, 0) is 39.5 Å². The molecule has 4 rings (SSSR count). The predicted molar refractivity (Wildman–Crippen MR) is 121 cm³/mol. The molecule has 0 aromatic carbocycles. The van der Waals surface area contributed by atoms with Crippen molar-refractivity contribution in [2.45, 2.75) is 63.7 Å². The van der Waals surface area contributed by atoms with E-state index >= 15 is 0 Å². The topological polar surface area (TPSA) is 31.4 Å². The second kappa shape index (κ2) is 11.3. The average Bonchev–Trinajstić information content (AvgIpc) is 2.79. The van der Waals surface area contributed by atoms with E-state index in [2.05, 4.69) is 45.3 Å². The van der Waals surface area contributed by atoms with Crippen LogP contribution in [0.25, 0.3) is 0 Å². The molecule has 0 aliphatic carbocycles. The van der Waals surface area contributed by atoms with Crippen LogP contribution in [0.2, 0.25) is 0 Å². The summed E-state index contributed by atoms with van der Waals surface area (Å²) >= 11 is 0. The molecule has 4 aliphatic heterocycles. The molecule has 0 amide bonds. The van der Waals surface area contributed by atoms with Gasteiger partial charge in [0.25, 0.3) is 0 Å². The SMILES string of the molecule is C[C@@H]1CN(C2CCOCC2)CCN1CC#CCN1CCN(C2CCOCC2)C[C@H]1C. The smallest absolute Gasteiger partial charge is 0.0605 e. The summed E-state index contributed by atoms with van der Waals surface area (Å²) in [4.78, 5) is 10.5. The molecule has 4 fully saturated rings. The molecular weight excluding hydrogens is 376 g/mol. The maximum atomic E-state index is 5.53. The minimum absolute atomic E-state index is 0.595. The predicted octanol–water partition coefficient (Wildman–Crippen LogP) is 1.36. The van der Waals surface area contributed by atoms with Crippen molar-refractivity contribution in [1.82, 2.24) is 19.6 Å². The Hall–Kier alpha value is -0.680. The molecule has 0 N–H and O–H groups in total. The Morgan fingerprint density at radius 1 is 0.633 bits per heavy atom. The standard InChI is InChI=1S/C24H42N4O2/c1-21-19-27(23-5-15-29-16-6-23)13-11-25(21)9-3-4-10-26-12-14-28(20-22(26)2)24-7-17-30-18-8-24/h21-24H,5-20H2,1-2H3/t21-,22-/m1/s1. The Kier molecular flexibility index (Phi) is 8.45. The quantitative estimate of drug-likeness (QED) is 0.641. The summed E-state index contributed by atoms with van der Waals surface area (Å²) < 4.78 is 11.1. The Labute approximate surface area is 183 Å². The molecule has 4 saturated heterocycles. The van der Waals surface area contributed by atoms with E-state index in [-0.39, 0.29) is 0 Å². The zero-order valence-corrected chi connectivity index (χ0v) is 19.2. The molecule has 30 heavy (non-hydrogen) atoms. The molecule has 0 saturated carbocycles. The molecule has 6 nitrogen and oxygen atoms in total. The van der Waals surface area contributed by atoms with Gasteiger partial charge in [-0.25, -0.2) is 0 Å². The van der Waals surface area contributed by atoms with Crippen LogP contribution in [0.4, 0.5) is 0 Å². The summed E-state index contributed by atoms with van der Waals surface area (Å²) in [7, 11) is 0. The van der Waals surface area contributed by atoms with Crippen molar-refractivity contribution in [3.63, 3.8) is 0 Å². The summed E-state index contributed by atoms with van der Waals surface area (Å²) in [5, 5.41) is 0. The molecule has 6 heteroatoms. The molecule has 4 aliphatic rings. The van der Waals surface area contributed by atoms with E-state index in [9.17, 15) is 0 Å². The monoisotopic (exact) mass is 418 g/mol. The lowest BCUT2D eigenvalue weighted by molar-refractivity contribution is 0.00117. The molecule has 0 radical (unpaired) electrons. The number of rotatable bonds is 4. The second-order valence-electron chi connectivity index (χ2n) is 9.67. The van der Waals surface area contributed by atoms with Gasteiger partial charge in [0.1, 0.15) is 0 Å². The van der Waals surface area contributed by atoms with Crippen LogP contribution in [-0.4, -0.2) is 123 Å². The number of ether oxygens (including phenoxy) is 2. The van der Waals surface area contributed by atoms with Gasteiger partial charge in [-0.1, -0.05) is 11.8 Å². The molecule has 170 valence electrons. The average molecular weight is 419 g/mol. The molecule has 0 bridgehead atoms. The molecule has 0 aromatic rings. The molecule has 0 aromatic heterocycles. The van der Waals surface area contributed by atoms with Gasteiger partial charge in [0.2, 0.25) is 0 Å². The summed E-state index contributed by atoms with van der Waals surface area (Å²) in [5.41, 5.74) is 0. The van der Waals surface area contributed by atoms with Crippen LogP contribution in [0.5, 0.6) is 0 Å². The van der Waals surface area contributed by atoms with Crippen molar-refractivity contribution < 1.29 is 9.47 Å². The Bertz CT molecular complexity index is 531. The van der Waals surface area contributed by atoms with Gasteiger partial charge >= 0.3 is 0 Å². The van der Waals surface area contributed by atoms with Crippen LogP contribution in [0.1, 0.15) is 39.5 Å². The number of hydrogen-bond donors (Lipinski definition) is 0. The first kappa shape index (κ1) is 22.5. The highest BCUT2D eigenvalue weighted by atomic mass is 16.5. The second-order valence-corrected chi connectivity index (χ2v) is 9.67. The van der Waals surface area contributed by atoms with Crippen LogP contribution in [0.15, 0.2) is 0 Å². The zero-order valence-electron chi connectivity index (χ0n) is 19.2. The highest BCUT2D eigenvalue weighted by Gasteiger charge is 2.30. The maximum absolute atomic E-state index is 5.53. The van der Waals surface area contributed by atoms with Crippen molar-refractivity contribution in [3.05, 3.63) is 0 Å². The van der Waals surface area contributed by atoms with Gasteiger partial charge in [-0.15, -0.1) is 0 Å². The van der Waals surface area contributed by atoms with Crippen molar-refractivity contribution in [2.24, 2.45) is 0 Å². The van der Waals surface area contributed by atoms with Crippen molar-refractivity contribution in [3.8, 4) is 11.8 Å². The normalized spacial score (nSPS) is 32.1. The summed E-state index contributed by atoms with van der Waals surface area (Å²) in [6, 6.07) is 2.65. The van der Waals surface area contributed by atoms with E-state index in [0.717, 1.165) is 64.7 Å². The third kappa shape index (κ3) is 5.97. The summed E-state index contributed by atoms with van der Waals surface area (Å²) in [6.07, 6.45) is 4.80. The number of piperazine rings is 2. The lowest BCUT2D eigenvalue weighted by Gasteiger charge is -2.44. The first-order valence-corrected chi connectivity index (χ1v) is 12.3. The van der Waals surface area contributed by atoms with Gasteiger partial charge in [0.05, 0.1) is 13.1 Å². The van der Waals surface area contributed by atoms with Crippen LogP contribution in [0.3, 0.4) is 0 Å². The fourth-order valence-corrected chi connectivity index (χ4v) is 5.60. The summed E-state index contributed by atoms with van der Waals surface area (Å²) in [5.74, 6) is 6.98. The molecule has 0 unspecified atom stereocenters. The van der Waals surface area contributed by atoms with Crippen molar-refractivity contribution >= 4 is 0 Å². The van der Waals surface area contributed by atoms with Gasteiger partial charge in [-0.2, -0.15) is 0 Å². The van der Waals surface area contributed by atoms with Gasteiger partial charge in [0, 0.05) is 89.9 Å². The van der Waals surface area contributed by atoms with Crippen LogP contribution < -0.4 is 0 Å². The third-order valence-corrected chi connectivity index (χ3v) is 7.70. The van der Waals surface area contributed by atoms with Crippen molar-refractivity contribution in [1.29, 1.82) is 0 Å². The Morgan fingerprint density at radius 3 is 1.40 bits per heavy atom. The fourth-order valence-electron chi connectivity index (χ4n) is 5.60. The highest BCUT2D eigenvalue weighted by Crippen LogP contribution is 2.20. The van der Waals surface area contributed by atoms with E-state index in [1.54, 1.807) is 0 Å². The van der Waals surface area contributed by atoms with Gasteiger partial charge < -0.3 is 9.47 Å². The zero-order chi connectivity index (χ0) is 20.8. The molecule has 4 heterocycles. The Balaban J connectivity index is 1.16. The minimum Gasteiger partial charge on any atom is -0.381 e. The first-order valence-electron chi connectivity index (χ1n) is 12.3. The number of hydrogen-bond acceptors (Lipinski definition) is 6. The lowest BCUT2D eigenvalue weighted by atomic mass is 10.0. The molecular formula is C24H42N4O2. The van der Waals surface area contributed by atoms with Gasteiger partial charge in [0.15, 0.2) is 0 Å². The highest BCUT2D eigenvalue weighted by molar-refractivity contribution is 5.05.